The van der Waals surface area contributed by atoms with Gasteiger partial charge in [0, 0.05) is 30.4 Å². The number of rotatable bonds is 9. The van der Waals surface area contributed by atoms with Crippen molar-refractivity contribution in [2.45, 2.75) is 26.9 Å². The Kier molecular flexibility index (Phi) is 11.5. The first-order valence-corrected chi connectivity index (χ1v) is 9.75. The minimum atomic E-state index is -0.196. The van der Waals surface area contributed by atoms with Gasteiger partial charge in [-0.15, -0.1) is 24.0 Å². The quantitative estimate of drug-likeness (QED) is 0.284. The highest BCUT2D eigenvalue weighted by molar-refractivity contribution is 14.0. The molecule has 0 aromatic heterocycles. The summed E-state index contributed by atoms with van der Waals surface area (Å²) in [7, 11) is 5.45. The molecule has 0 bridgehead atoms. The summed E-state index contributed by atoms with van der Waals surface area (Å²) in [5, 5.41) is 6.50. The molecule has 2 rings (SSSR count). The van der Waals surface area contributed by atoms with E-state index in [-0.39, 0.29) is 29.8 Å². The third-order valence-electron chi connectivity index (χ3n) is 4.09. The Hall–Kier alpha value is -2.07. The summed E-state index contributed by atoms with van der Waals surface area (Å²) in [6, 6.07) is 10.8. The molecule has 0 fully saturated rings. The lowest BCUT2D eigenvalue weighted by atomic mass is 10.1. The lowest BCUT2D eigenvalue weighted by molar-refractivity contribution is 0.311. The summed E-state index contributed by atoms with van der Waals surface area (Å²) < 4.78 is 24.9. The van der Waals surface area contributed by atoms with Gasteiger partial charge in [-0.05, 0) is 57.8 Å². The van der Waals surface area contributed by atoms with Crippen LogP contribution < -0.4 is 20.1 Å². The topological polar surface area (TPSA) is 58.1 Å². The lowest BCUT2D eigenvalue weighted by Gasteiger charge is -2.15. The average Bonchev–Trinajstić information content (AvgIpc) is 2.68. The second kappa shape index (κ2) is 13.3. The number of nitrogens with one attached hydrogen (secondary N) is 2. The normalized spacial score (nSPS) is 11.1. The molecule has 0 heterocycles. The summed E-state index contributed by atoms with van der Waals surface area (Å²) in [6.45, 7) is 6.18. The van der Waals surface area contributed by atoms with Gasteiger partial charge in [0.1, 0.15) is 5.82 Å². The van der Waals surface area contributed by atoms with Gasteiger partial charge in [-0.25, -0.2) is 9.38 Å². The minimum absolute atomic E-state index is 0. The zero-order valence-corrected chi connectivity index (χ0v) is 20.6. The molecule has 166 valence electrons. The van der Waals surface area contributed by atoms with Crippen molar-refractivity contribution < 1.29 is 13.9 Å². The van der Waals surface area contributed by atoms with Crippen LogP contribution in [0.3, 0.4) is 0 Å². The molecule has 0 atom stereocenters. The number of halogens is 2. The van der Waals surface area contributed by atoms with Gasteiger partial charge in [0.15, 0.2) is 17.5 Å². The monoisotopic (exact) mass is 530 g/mol. The molecule has 30 heavy (non-hydrogen) atoms. The molecule has 6 nitrogen and oxygen atoms in total. The maximum absolute atomic E-state index is 14.0. The van der Waals surface area contributed by atoms with Crippen LogP contribution in [0.15, 0.2) is 41.4 Å². The van der Waals surface area contributed by atoms with Crippen LogP contribution >= 0.6 is 24.0 Å². The Balaban J connectivity index is 0.00000450. The third kappa shape index (κ3) is 7.98. The molecule has 8 heteroatoms. The standard InChI is InChI=1S/C22H31FN4O2.HI/c1-6-24-22(26-18-9-11-20(28-5)21(13-18)29-7-2)25-14-16-8-10-19(23)17(12-16)15-27(3)4;/h8-13H,6-7,14-15H2,1-5H3,(H2,24,25,26);1H. The number of ether oxygens (including phenoxy) is 2. The van der Waals surface area contributed by atoms with E-state index in [1.54, 1.807) is 13.2 Å². The van der Waals surface area contributed by atoms with E-state index in [1.165, 1.54) is 6.07 Å². The van der Waals surface area contributed by atoms with Gasteiger partial charge in [-0.3, -0.25) is 0 Å². The van der Waals surface area contributed by atoms with Crippen molar-refractivity contribution in [3.05, 3.63) is 53.3 Å². The van der Waals surface area contributed by atoms with Gasteiger partial charge in [-0.2, -0.15) is 0 Å². The van der Waals surface area contributed by atoms with E-state index in [9.17, 15) is 4.39 Å². The molecule has 0 amide bonds. The fourth-order valence-corrected chi connectivity index (χ4v) is 2.83. The Morgan fingerprint density at radius 1 is 1.10 bits per heavy atom. The number of aliphatic imine (C=N–C) groups is 1. The smallest absolute Gasteiger partial charge is 0.196 e. The van der Waals surface area contributed by atoms with Crippen molar-refractivity contribution in [2.75, 3.05) is 39.7 Å². The van der Waals surface area contributed by atoms with Crippen LogP contribution in [0.2, 0.25) is 0 Å². The molecule has 2 aromatic carbocycles. The average molecular weight is 530 g/mol. The molecule has 0 spiro atoms. The van der Waals surface area contributed by atoms with E-state index in [0.29, 0.717) is 42.7 Å². The number of anilines is 1. The largest absolute Gasteiger partial charge is 0.493 e. The molecule has 0 radical (unpaired) electrons. The number of hydrogen-bond acceptors (Lipinski definition) is 4. The van der Waals surface area contributed by atoms with E-state index in [1.807, 2.05) is 57.1 Å². The first kappa shape index (κ1) is 26.0. The molecule has 0 saturated heterocycles. The number of nitrogens with zero attached hydrogens (tertiary/aromatic N) is 2. The molecule has 0 unspecified atom stereocenters. The van der Waals surface area contributed by atoms with E-state index < -0.39 is 0 Å². The van der Waals surface area contributed by atoms with E-state index >= 15 is 0 Å². The van der Waals surface area contributed by atoms with Crippen molar-refractivity contribution in [2.24, 2.45) is 4.99 Å². The van der Waals surface area contributed by atoms with Gasteiger partial charge in [0.2, 0.25) is 0 Å². The van der Waals surface area contributed by atoms with Crippen molar-refractivity contribution in [3.8, 4) is 11.5 Å². The molecule has 0 aliphatic heterocycles. The number of guanidine groups is 1. The van der Waals surface area contributed by atoms with E-state index in [0.717, 1.165) is 17.8 Å². The predicted octanol–water partition coefficient (Wildman–Crippen LogP) is 4.49. The number of hydrogen-bond donors (Lipinski definition) is 2. The highest BCUT2D eigenvalue weighted by Gasteiger charge is 2.08. The second-order valence-electron chi connectivity index (χ2n) is 6.78. The van der Waals surface area contributed by atoms with Gasteiger partial charge in [-0.1, -0.05) is 6.07 Å². The second-order valence-corrected chi connectivity index (χ2v) is 6.78. The summed E-state index contributed by atoms with van der Waals surface area (Å²) in [4.78, 5) is 6.57. The molecule has 2 aromatic rings. The SMILES string of the molecule is CCNC(=NCc1ccc(F)c(CN(C)C)c1)Nc1ccc(OC)c(OCC)c1.I. The lowest BCUT2D eigenvalue weighted by Crippen LogP contribution is -2.30. The zero-order chi connectivity index (χ0) is 21.2. The van der Waals surface area contributed by atoms with Crippen molar-refractivity contribution in [1.29, 1.82) is 0 Å². The minimum Gasteiger partial charge on any atom is -0.493 e. The highest BCUT2D eigenvalue weighted by Crippen LogP contribution is 2.30. The van der Waals surface area contributed by atoms with Crippen molar-refractivity contribution in [3.63, 3.8) is 0 Å². The Morgan fingerprint density at radius 3 is 2.50 bits per heavy atom. The summed E-state index contributed by atoms with van der Waals surface area (Å²) in [5.74, 6) is 1.79. The first-order chi connectivity index (χ1) is 14.0. The van der Waals surface area contributed by atoms with Gasteiger partial charge in [0.05, 0.1) is 20.3 Å². The van der Waals surface area contributed by atoms with Crippen LogP contribution in [0.5, 0.6) is 11.5 Å². The van der Waals surface area contributed by atoms with Crippen LogP contribution in [0.1, 0.15) is 25.0 Å². The first-order valence-electron chi connectivity index (χ1n) is 9.75. The maximum atomic E-state index is 14.0. The molecule has 0 aliphatic rings. The van der Waals surface area contributed by atoms with Gasteiger partial charge < -0.3 is 25.0 Å². The molecule has 0 aliphatic carbocycles. The Bertz CT molecular complexity index is 831. The van der Waals surface area contributed by atoms with Crippen LogP contribution in [-0.4, -0.2) is 45.2 Å². The highest BCUT2D eigenvalue weighted by atomic mass is 127. The molecule has 0 saturated carbocycles. The van der Waals surface area contributed by atoms with Crippen LogP contribution in [-0.2, 0) is 13.1 Å². The predicted molar refractivity (Wildman–Crippen MR) is 132 cm³/mol. The third-order valence-corrected chi connectivity index (χ3v) is 4.09. The Morgan fingerprint density at radius 2 is 1.87 bits per heavy atom. The fraction of sp³-hybridized carbons (Fsp3) is 0.409. The van der Waals surface area contributed by atoms with E-state index in [4.69, 9.17) is 9.47 Å². The summed E-state index contributed by atoms with van der Waals surface area (Å²) in [6.07, 6.45) is 0. The number of benzene rings is 2. The van der Waals surface area contributed by atoms with Crippen molar-refractivity contribution in [1.82, 2.24) is 10.2 Å². The summed E-state index contributed by atoms with van der Waals surface area (Å²) >= 11 is 0. The van der Waals surface area contributed by atoms with Crippen molar-refractivity contribution >= 4 is 35.6 Å². The molecular weight excluding hydrogens is 498 g/mol. The van der Waals surface area contributed by atoms with E-state index in [2.05, 4.69) is 15.6 Å². The fourth-order valence-electron chi connectivity index (χ4n) is 2.83. The zero-order valence-electron chi connectivity index (χ0n) is 18.3. The molecule has 2 N–H and O–H groups in total. The van der Waals surface area contributed by atoms with Gasteiger partial charge >= 0.3 is 0 Å². The summed E-state index contributed by atoms with van der Waals surface area (Å²) in [5.41, 5.74) is 2.45. The maximum Gasteiger partial charge on any atom is 0.196 e. The number of methoxy groups -OCH3 is 1. The van der Waals surface area contributed by atoms with Gasteiger partial charge in [0.25, 0.3) is 0 Å². The van der Waals surface area contributed by atoms with Crippen LogP contribution in [0.25, 0.3) is 0 Å². The van der Waals surface area contributed by atoms with Crippen LogP contribution in [0.4, 0.5) is 10.1 Å². The Labute approximate surface area is 195 Å². The van der Waals surface area contributed by atoms with Crippen LogP contribution in [0, 0.1) is 5.82 Å². The molecular formula is C22H32FIN4O2.